The number of nitrogens with two attached hydrogens (primary N) is 1. The van der Waals surface area contributed by atoms with E-state index in [0.717, 1.165) is 4.88 Å². The minimum atomic E-state index is -3.40. The van der Waals surface area contributed by atoms with Gasteiger partial charge in [0.05, 0.1) is 4.34 Å². The lowest BCUT2D eigenvalue weighted by molar-refractivity contribution is 0.453. The Hall–Kier alpha value is -0.180. The first-order valence-corrected chi connectivity index (χ1v) is 8.24. The van der Waals surface area contributed by atoms with Crippen molar-refractivity contribution in [3.63, 3.8) is 0 Å². The summed E-state index contributed by atoms with van der Waals surface area (Å²) in [6.45, 7) is 1.27. The Morgan fingerprint density at radius 2 is 2.22 bits per heavy atom. The maximum Gasteiger partial charge on any atom is 0.279 e. The highest BCUT2D eigenvalue weighted by Gasteiger charge is 2.15. The van der Waals surface area contributed by atoms with E-state index < -0.39 is 10.2 Å². The fourth-order valence-electron chi connectivity index (χ4n) is 1.33. The van der Waals surface area contributed by atoms with Crippen molar-refractivity contribution in [3.05, 3.63) is 21.3 Å². The summed E-state index contributed by atoms with van der Waals surface area (Å²) in [6.07, 6.45) is 1.29. The molecule has 5 nitrogen and oxygen atoms in total. The van der Waals surface area contributed by atoms with Crippen molar-refractivity contribution < 1.29 is 8.42 Å². The van der Waals surface area contributed by atoms with Crippen molar-refractivity contribution >= 4 is 33.1 Å². The molecule has 0 aliphatic carbocycles. The molecule has 0 aromatic carbocycles. The van der Waals surface area contributed by atoms with Gasteiger partial charge < -0.3 is 5.73 Å². The molecule has 0 amide bonds. The first kappa shape index (κ1) is 15.9. The number of nitrogens with one attached hydrogen (secondary N) is 1. The molecule has 0 fully saturated rings. The highest BCUT2D eigenvalue weighted by atomic mass is 35.5. The molecule has 8 heteroatoms. The first-order valence-electron chi connectivity index (χ1n) is 5.61. The van der Waals surface area contributed by atoms with Crippen molar-refractivity contribution in [1.29, 1.82) is 0 Å². The third-order valence-electron chi connectivity index (χ3n) is 2.37. The minimum Gasteiger partial charge on any atom is -0.330 e. The van der Waals surface area contributed by atoms with E-state index in [0.29, 0.717) is 36.8 Å². The molecule has 0 bridgehead atoms. The summed E-state index contributed by atoms with van der Waals surface area (Å²) in [5, 5.41) is 0. The zero-order chi connectivity index (χ0) is 13.6. The van der Waals surface area contributed by atoms with Crippen LogP contribution in [-0.4, -0.2) is 39.4 Å². The Balaban J connectivity index is 2.37. The van der Waals surface area contributed by atoms with Gasteiger partial charge in [-0.05, 0) is 31.5 Å². The first-order chi connectivity index (χ1) is 8.45. The molecule has 0 unspecified atom stereocenters. The predicted molar refractivity (Wildman–Crippen MR) is 76.3 cm³/mol. The summed E-state index contributed by atoms with van der Waals surface area (Å²) in [7, 11) is -1.85. The molecule has 1 heterocycles. The van der Waals surface area contributed by atoms with Gasteiger partial charge in [0.15, 0.2) is 0 Å². The molecule has 1 rings (SSSR count). The lowest BCUT2D eigenvalue weighted by atomic mass is 10.3. The molecule has 1 aromatic rings. The number of thiophene rings is 1. The number of nitrogens with zero attached hydrogens (tertiary/aromatic N) is 1. The minimum absolute atomic E-state index is 0.367. The molecule has 0 atom stereocenters. The van der Waals surface area contributed by atoms with Crippen LogP contribution in [0, 0.1) is 0 Å². The van der Waals surface area contributed by atoms with Gasteiger partial charge >= 0.3 is 0 Å². The van der Waals surface area contributed by atoms with Gasteiger partial charge in [0.1, 0.15) is 0 Å². The second kappa shape index (κ2) is 7.42. The van der Waals surface area contributed by atoms with Gasteiger partial charge in [0, 0.05) is 25.0 Å². The van der Waals surface area contributed by atoms with Crippen LogP contribution >= 0.6 is 22.9 Å². The Morgan fingerprint density at radius 3 is 2.78 bits per heavy atom. The van der Waals surface area contributed by atoms with Gasteiger partial charge in [-0.15, -0.1) is 11.3 Å². The van der Waals surface area contributed by atoms with Crippen LogP contribution in [0.4, 0.5) is 0 Å². The zero-order valence-electron chi connectivity index (χ0n) is 10.2. The fourth-order valence-corrected chi connectivity index (χ4v) is 3.37. The molecular formula is C10H18ClN3O2S2. The van der Waals surface area contributed by atoms with E-state index in [-0.39, 0.29) is 0 Å². The van der Waals surface area contributed by atoms with E-state index in [2.05, 4.69) is 4.72 Å². The predicted octanol–water partition coefficient (Wildman–Crippen LogP) is 1.06. The number of halogens is 1. The summed E-state index contributed by atoms with van der Waals surface area (Å²) in [5.41, 5.74) is 5.35. The Bertz CT molecular complexity index is 461. The standard InChI is InChI=1S/C10H18ClN3O2S2/c1-14(8-2-6-12)18(15,16)13-7-5-9-3-4-10(11)17-9/h3-4,13H,2,5-8,12H2,1H3. The molecule has 3 N–H and O–H groups in total. The Kier molecular flexibility index (Phi) is 6.54. The summed E-state index contributed by atoms with van der Waals surface area (Å²) in [5.74, 6) is 0. The van der Waals surface area contributed by atoms with E-state index in [1.165, 1.54) is 15.6 Å². The normalized spacial score (nSPS) is 12.2. The summed E-state index contributed by atoms with van der Waals surface area (Å²) < 4.78 is 28.1. The van der Waals surface area contributed by atoms with Gasteiger partial charge in [0.2, 0.25) is 0 Å². The van der Waals surface area contributed by atoms with Crippen molar-refractivity contribution in [2.45, 2.75) is 12.8 Å². The summed E-state index contributed by atoms with van der Waals surface area (Å²) >= 11 is 7.26. The van der Waals surface area contributed by atoms with Crippen LogP contribution < -0.4 is 10.5 Å². The lowest BCUT2D eigenvalue weighted by Gasteiger charge is -2.16. The van der Waals surface area contributed by atoms with Gasteiger partial charge in [0.25, 0.3) is 10.2 Å². The number of rotatable bonds is 8. The Morgan fingerprint density at radius 1 is 1.50 bits per heavy atom. The molecule has 0 saturated carbocycles. The highest BCUT2D eigenvalue weighted by Crippen LogP contribution is 2.21. The third kappa shape index (κ3) is 5.21. The highest BCUT2D eigenvalue weighted by molar-refractivity contribution is 7.87. The molecule has 18 heavy (non-hydrogen) atoms. The molecular weight excluding hydrogens is 294 g/mol. The number of hydrogen-bond donors (Lipinski definition) is 2. The van der Waals surface area contributed by atoms with E-state index in [1.54, 1.807) is 7.05 Å². The number of hydrogen-bond acceptors (Lipinski definition) is 4. The molecule has 0 aliphatic rings. The van der Waals surface area contributed by atoms with E-state index in [1.807, 2.05) is 12.1 Å². The maximum atomic E-state index is 11.8. The van der Waals surface area contributed by atoms with E-state index >= 15 is 0 Å². The van der Waals surface area contributed by atoms with Crippen molar-refractivity contribution in [2.24, 2.45) is 5.73 Å². The molecule has 1 aromatic heterocycles. The summed E-state index contributed by atoms with van der Waals surface area (Å²) in [4.78, 5) is 1.06. The van der Waals surface area contributed by atoms with Crippen LogP contribution in [0.15, 0.2) is 12.1 Å². The van der Waals surface area contributed by atoms with Crippen LogP contribution in [-0.2, 0) is 16.6 Å². The van der Waals surface area contributed by atoms with E-state index in [4.69, 9.17) is 17.3 Å². The van der Waals surface area contributed by atoms with Crippen molar-refractivity contribution in [3.8, 4) is 0 Å². The van der Waals surface area contributed by atoms with Crippen LogP contribution in [0.2, 0.25) is 4.34 Å². The monoisotopic (exact) mass is 311 g/mol. The molecule has 0 saturated heterocycles. The van der Waals surface area contributed by atoms with E-state index in [9.17, 15) is 8.42 Å². The zero-order valence-corrected chi connectivity index (χ0v) is 12.6. The van der Waals surface area contributed by atoms with Crippen LogP contribution in [0.1, 0.15) is 11.3 Å². The largest absolute Gasteiger partial charge is 0.330 e. The van der Waals surface area contributed by atoms with Gasteiger partial charge in [-0.25, -0.2) is 4.72 Å². The topological polar surface area (TPSA) is 75.4 Å². The molecule has 104 valence electrons. The maximum absolute atomic E-state index is 11.8. The molecule has 0 radical (unpaired) electrons. The van der Waals surface area contributed by atoms with Crippen molar-refractivity contribution in [1.82, 2.24) is 9.03 Å². The van der Waals surface area contributed by atoms with Crippen LogP contribution in [0.5, 0.6) is 0 Å². The fraction of sp³-hybridized carbons (Fsp3) is 0.600. The average molecular weight is 312 g/mol. The van der Waals surface area contributed by atoms with Gasteiger partial charge in [-0.3, -0.25) is 0 Å². The van der Waals surface area contributed by atoms with Crippen LogP contribution in [0.3, 0.4) is 0 Å². The molecule has 0 aliphatic heterocycles. The third-order valence-corrected chi connectivity index (χ3v) is 5.24. The average Bonchev–Trinajstić information content (AvgIpc) is 2.71. The van der Waals surface area contributed by atoms with Crippen molar-refractivity contribution in [2.75, 3.05) is 26.7 Å². The smallest absolute Gasteiger partial charge is 0.279 e. The quantitative estimate of drug-likeness (QED) is 0.754. The van der Waals surface area contributed by atoms with Crippen LogP contribution in [0.25, 0.3) is 0 Å². The second-order valence-electron chi connectivity index (χ2n) is 3.82. The lowest BCUT2D eigenvalue weighted by Crippen LogP contribution is -2.39. The second-order valence-corrected chi connectivity index (χ2v) is 7.48. The van der Waals surface area contributed by atoms with Gasteiger partial charge in [-0.2, -0.15) is 12.7 Å². The summed E-state index contributed by atoms with van der Waals surface area (Å²) in [6, 6.07) is 3.71. The Labute approximate surface area is 117 Å². The SMILES string of the molecule is CN(CCCN)S(=O)(=O)NCCc1ccc(Cl)s1. The molecule has 0 spiro atoms. The van der Waals surface area contributed by atoms with Gasteiger partial charge in [-0.1, -0.05) is 11.6 Å².